The number of hydrogen-bond donors (Lipinski definition) is 2. The zero-order valence-corrected chi connectivity index (χ0v) is 22.2. The number of ether oxygens (including phenoxy) is 3. The second-order valence-electron chi connectivity index (χ2n) is 9.01. The SMILES string of the molecule is COC(=O)c1ccc(Oc2ccc(CNC(=O)[C@H](CCCCN=C=S)NC(=O)OC(C)(C)C)cn2)cc1. The summed E-state index contributed by atoms with van der Waals surface area (Å²) in [6.07, 6.45) is 2.70. The van der Waals surface area contributed by atoms with Gasteiger partial charge in [-0.05, 0) is 82.1 Å². The molecule has 37 heavy (non-hydrogen) atoms. The molecule has 0 bridgehead atoms. The van der Waals surface area contributed by atoms with Crippen molar-refractivity contribution in [1.82, 2.24) is 15.6 Å². The van der Waals surface area contributed by atoms with Crippen molar-refractivity contribution in [3.63, 3.8) is 0 Å². The van der Waals surface area contributed by atoms with Gasteiger partial charge in [0.2, 0.25) is 11.8 Å². The number of amides is 2. The first-order valence-electron chi connectivity index (χ1n) is 11.7. The van der Waals surface area contributed by atoms with Crippen molar-refractivity contribution in [3.8, 4) is 11.6 Å². The summed E-state index contributed by atoms with van der Waals surface area (Å²) in [6, 6.07) is 9.14. The number of carbonyl (C=O) groups is 3. The van der Waals surface area contributed by atoms with E-state index in [1.54, 1.807) is 63.4 Å². The number of hydrogen-bond acceptors (Lipinski definition) is 9. The Morgan fingerprint density at radius 3 is 2.43 bits per heavy atom. The van der Waals surface area contributed by atoms with E-state index in [0.717, 1.165) is 5.56 Å². The van der Waals surface area contributed by atoms with Crippen molar-refractivity contribution in [2.24, 2.45) is 4.99 Å². The van der Waals surface area contributed by atoms with Crippen molar-refractivity contribution in [2.75, 3.05) is 13.7 Å². The van der Waals surface area contributed by atoms with Crippen LogP contribution < -0.4 is 15.4 Å². The van der Waals surface area contributed by atoms with Gasteiger partial charge >= 0.3 is 12.1 Å². The average Bonchev–Trinajstić information content (AvgIpc) is 2.86. The van der Waals surface area contributed by atoms with Crippen LogP contribution in [-0.2, 0) is 20.8 Å². The van der Waals surface area contributed by atoms with Crippen LogP contribution in [0.2, 0.25) is 0 Å². The van der Waals surface area contributed by atoms with E-state index >= 15 is 0 Å². The number of thiocarbonyl (C=S) groups is 1. The number of aliphatic imine (C=N–C) groups is 1. The number of pyridine rings is 1. The molecular formula is C26H32N4O6S. The Morgan fingerprint density at radius 1 is 1.11 bits per heavy atom. The van der Waals surface area contributed by atoms with Gasteiger partial charge in [0.15, 0.2) is 0 Å². The van der Waals surface area contributed by atoms with Crippen LogP contribution in [-0.4, -0.2) is 53.4 Å². The first-order valence-corrected chi connectivity index (χ1v) is 12.1. The molecule has 198 valence electrons. The van der Waals surface area contributed by atoms with E-state index in [1.165, 1.54) is 7.11 Å². The van der Waals surface area contributed by atoms with Crippen LogP contribution in [0, 0.1) is 0 Å². The fourth-order valence-electron chi connectivity index (χ4n) is 3.09. The molecule has 0 saturated carbocycles. The highest BCUT2D eigenvalue weighted by Crippen LogP contribution is 2.20. The van der Waals surface area contributed by atoms with E-state index in [9.17, 15) is 14.4 Å². The zero-order valence-electron chi connectivity index (χ0n) is 21.4. The Hall–Kier alpha value is -3.82. The Morgan fingerprint density at radius 2 is 1.84 bits per heavy atom. The Bertz CT molecular complexity index is 1090. The number of nitrogens with zero attached hydrogens (tertiary/aromatic N) is 2. The number of carbonyl (C=O) groups excluding carboxylic acids is 3. The standard InChI is InChI=1S/C26H32N4O6S/c1-26(2,3)36-25(33)30-21(7-5-6-14-27-17-37)23(31)29-16-18-8-13-22(28-15-18)35-20-11-9-19(10-12-20)24(32)34-4/h8-13,15,21H,5-7,14,16H2,1-4H3,(H,29,31)(H,30,33)/t21-/m0/s1. The molecule has 0 radical (unpaired) electrons. The summed E-state index contributed by atoms with van der Waals surface area (Å²) in [4.78, 5) is 44.7. The minimum absolute atomic E-state index is 0.210. The third-order valence-electron chi connectivity index (χ3n) is 4.85. The van der Waals surface area contributed by atoms with Crippen LogP contribution in [0.4, 0.5) is 4.79 Å². The van der Waals surface area contributed by atoms with Gasteiger partial charge in [-0.25, -0.2) is 19.6 Å². The molecule has 2 aromatic rings. The third kappa shape index (κ3) is 11.2. The molecule has 2 amide bonds. The fraction of sp³-hybridized carbons (Fsp3) is 0.423. The van der Waals surface area contributed by atoms with Crippen LogP contribution >= 0.6 is 12.2 Å². The van der Waals surface area contributed by atoms with Crippen molar-refractivity contribution in [1.29, 1.82) is 0 Å². The molecular weight excluding hydrogens is 496 g/mol. The minimum atomic E-state index is -0.769. The molecule has 1 aromatic heterocycles. The molecule has 0 aliphatic heterocycles. The first-order chi connectivity index (χ1) is 17.6. The molecule has 0 aliphatic carbocycles. The number of unbranched alkanes of at least 4 members (excludes halogenated alkanes) is 1. The highest BCUT2D eigenvalue weighted by molar-refractivity contribution is 7.78. The fourth-order valence-corrected chi connectivity index (χ4v) is 3.18. The highest BCUT2D eigenvalue weighted by atomic mass is 32.1. The van der Waals surface area contributed by atoms with Gasteiger partial charge in [0.25, 0.3) is 0 Å². The lowest BCUT2D eigenvalue weighted by Crippen LogP contribution is -2.48. The molecule has 2 N–H and O–H groups in total. The number of rotatable bonds is 12. The van der Waals surface area contributed by atoms with E-state index < -0.39 is 23.7 Å². The van der Waals surface area contributed by atoms with Gasteiger partial charge in [-0.2, -0.15) is 0 Å². The number of aromatic nitrogens is 1. The van der Waals surface area contributed by atoms with E-state index in [-0.39, 0.29) is 12.5 Å². The Balaban J connectivity index is 1.93. The smallest absolute Gasteiger partial charge is 0.408 e. The van der Waals surface area contributed by atoms with Crippen molar-refractivity contribution in [3.05, 3.63) is 53.7 Å². The van der Waals surface area contributed by atoms with Gasteiger partial charge in [-0.1, -0.05) is 6.07 Å². The zero-order chi connectivity index (χ0) is 27.3. The Kier molecular flexibility index (Phi) is 11.7. The molecule has 0 fully saturated rings. The minimum Gasteiger partial charge on any atom is -0.465 e. The maximum Gasteiger partial charge on any atom is 0.408 e. The topological polar surface area (TPSA) is 128 Å². The molecule has 0 spiro atoms. The number of nitrogens with one attached hydrogen (secondary N) is 2. The largest absolute Gasteiger partial charge is 0.465 e. The normalized spacial score (nSPS) is 11.5. The van der Waals surface area contributed by atoms with Crippen LogP contribution in [0.5, 0.6) is 11.6 Å². The van der Waals surface area contributed by atoms with Gasteiger partial charge in [-0.3, -0.25) is 4.79 Å². The number of isothiocyanates is 1. The van der Waals surface area contributed by atoms with Crippen LogP contribution in [0.25, 0.3) is 0 Å². The van der Waals surface area contributed by atoms with Crippen LogP contribution in [0.1, 0.15) is 56.0 Å². The monoisotopic (exact) mass is 528 g/mol. The number of alkyl carbamates (subject to hydrolysis) is 1. The van der Waals surface area contributed by atoms with Gasteiger partial charge < -0.3 is 24.8 Å². The van der Waals surface area contributed by atoms with Gasteiger partial charge in [-0.15, -0.1) is 0 Å². The van der Waals surface area contributed by atoms with E-state index in [4.69, 9.17) is 9.47 Å². The van der Waals surface area contributed by atoms with Gasteiger partial charge in [0.05, 0.1) is 17.8 Å². The molecule has 0 saturated heterocycles. The van der Waals surface area contributed by atoms with Crippen LogP contribution in [0.15, 0.2) is 47.6 Å². The number of benzene rings is 1. The van der Waals surface area contributed by atoms with Crippen molar-refractivity contribution in [2.45, 2.75) is 58.2 Å². The van der Waals surface area contributed by atoms with E-state index in [1.807, 2.05) is 0 Å². The Labute approximate surface area is 221 Å². The predicted octanol–water partition coefficient (Wildman–Crippen LogP) is 4.44. The molecule has 2 rings (SSSR count). The second-order valence-corrected chi connectivity index (χ2v) is 9.19. The quantitative estimate of drug-likeness (QED) is 0.179. The lowest BCUT2D eigenvalue weighted by Gasteiger charge is -2.23. The maximum atomic E-state index is 12.8. The molecule has 10 nitrogen and oxygen atoms in total. The summed E-state index contributed by atoms with van der Waals surface area (Å²) < 4.78 is 15.7. The second kappa shape index (κ2) is 14.7. The number of esters is 1. The van der Waals surface area contributed by atoms with Crippen molar-refractivity contribution < 1.29 is 28.6 Å². The molecule has 0 unspecified atom stereocenters. The lowest BCUT2D eigenvalue weighted by atomic mass is 10.1. The van der Waals surface area contributed by atoms with E-state index in [2.05, 4.69) is 42.7 Å². The maximum absolute atomic E-state index is 12.8. The summed E-state index contributed by atoms with van der Waals surface area (Å²) in [5, 5.41) is 7.78. The number of methoxy groups -OCH3 is 1. The highest BCUT2D eigenvalue weighted by Gasteiger charge is 2.24. The molecule has 0 aliphatic rings. The summed E-state index contributed by atoms with van der Waals surface area (Å²) in [5.41, 5.74) is 0.475. The summed E-state index contributed by atoms with van der Waals surface area (Å²) >= 11 is 4.56. The predicted molar refractivity (Wildman–Crippen MR) is 141 cm³/mol. The summed E-state index contributed by atoms with van der Waals surface area (Å²) in [6.45, 7) is 5.98. The van der Waals surface area contributed by atoms with Gasteiger partial charge in [0.1, 0.15) is 17.4 Å². The summed E-state index contributed by atoms with van der Waals surface area (Å²) in [5.74, 6) is 0.0907. The molecule has 11 heteroatoms. The summed E-state index contributed by atoms with van der Waals surface area (Å²) in [7, 11) is 1.32. The molecule has 1 heterocycles. The van der Waals surface area contributed by atoms with Crippen molar-refractivity contribution >= 4 is 35.3 Å². The molecule has 1 aromatic carbocycles. The lowest BCUT2D eigenvalue weighted by molar-refractivity contribution is -0.123. The third-order valence-corrected chi connectivity index (χ3v) is 4.98. The first kappa shape index (κ1) is 29.4. The average molecular weight is 529 g/mol. The molecule has 1 atom stereocenters. The van der Waals surface area contributed by atoms with Crippen LogP contribution in [0.3, 0.4) is 0 Å². The van der Waals surface area contributed by atoms with Gasteiger partial charge in [0, 0.05) is 25.4 Å². The van der Waals surface area contributed by atoms with E-state index in [0.29, 0.717) is 43.0 Å².